The number of amides is 1. The highest BCUT2D eigenvalue weighted by Gasteiger charge is 2.31. The Morgan fingerprint density at radius 1 is 1.48 bits per heavy atom. The van der Waals surface area contributed by atoms with Crippen LogP contribution in [0.2, 0.25) is 5.15 Å². The zero-order valence-electron chi connectivity index (χ0n) is 15.6. The molecule has 0 unspecified atom stereocenters. The minimum Gasteiger partial charge on any atom is -0.452 e. The molecule has 0 spiro atoms. The van der Waals surface area contributed by atoms with Gasteiger partial charge >= 0.3 is 5.97 Å². The van der Waals surface area contributed by atoms with Crippen LogP contribution in [0.1, 0.15) is 44.0 Å². The molecule has 27 heavy (non-hydrogen) atoms. The van der Waals surface area contributed by atoms with E-state index in [2.05, 4.69) is 10.4 Å². The third kappa shape index (κ3) is 5.80. The van der Waals surface area contributed by atoms with E-state index in [0.717, 1.165) is 6.42 Å². The minimum atomic E-state index is -3.07. The first-order valence-corrected chi connectivity index (χ1v) is 10.9. The van der Waals surface area contributed by atoms with E-state index in [1.807, 2.05) is 13.8 Å². The van der Waals surface area contributed by atoms with Gasteiger partial charge in [0.1, 0.15) is 5.15 Å². The summed E-state index contributed by atoms with van der Waals surface area (Å²) in [5, 5.41) is 7.27. The molecule has 1 amide bonds. The van der Waals surface area contributed by atoms with Crippen LogP contribution < -0.4 is 5.32 Å². The number of aromatic nitrogens is 2. The summed E-state index contributed by atoms with van der Waals surface area (Å²) in [5.41, 5.74) is 1.09. The summed E-state index contributed by atoms with van der Waals surface area (Å²) >= 11 is 6.33. The lowest BCUT2D eigenvalue weighted by molar-refractivity contribution is -0.144. The molecule has 1 saturated heterocycles. The molecule has 2 atom stereocenters. The second-order valence-corrected chi connectivity index (χ2v) is 9.20. The first-order valence-electron chi connectivity index (χ1n) is 8.72. The number of carbonyl (C=O) groups excluding carboxylic acids is 2. The zero-order valence-corrected chi connectivity index (χ0v) is 17.1. The van der Waals surface area contributed by atoms with Crippen molar-refractivity contribution in [3.8, 4) is 0 Å². The lowest BCUT2D eigenvalue weighted by Crippen LogP contribution is -2.35. The van der Waals surface area contributed by atoms with Crippen molar-refractivity contribution < 1.29 is 22.7 Å². The van der Waals surface area contributed by atoms with Crippen molar-refractivity contribution in [3.63, 3.8) is 0 Å². The number of aryl methyl sites for hydroxylation is 1. The van der Waals surface area contributed by atoms with Crippen molar-refractivity contribution in [3.05, 3.63) is 22.5 Å². The summed E-state index contributed by atoms with van der Waals surface area (Å²) in [5.74, 6) is -0.926. The number of carbonyl (C=O) groups is 2. The highest BCUT2D eigenvalue weighted by atomic mass is 35.5. The molecule has 0 aromatic carbocycles. The first-order chi connectivity index (χ1) is 12.6. The molecule has 1 aliphatic heterocycles. The number of nitrogens with one attached hydrogen (secondary N) is 1. The molecule has 1 aliphatic rings. The van der Waals surface area contributed by atoms with Crippen molar-refractivity contribution >= 4 is 39.4 Å². The van der Waals surface area contributed by atoms with E-state index in [4.69, 9.17) is 16.3 Å². The lowest BCUT2D eigenvalue weighted by atomic mass is 10.2. The zero-order chi connectivity index (χ0) is 20.2. The normalized spacial score (nSPS) is 19.9. The molecule has 1 aromatic heterocycles. The lowest BCUT2D eigenvalue weighted by Gasteiger charge is -2.10. The van der Waals surface area contributed by atoms with Crippen LogP contribution in [0.3, 0.4) is 0 Å². The van der Waals surface area contributed by atoms with Gasteiger partial charge in [-0.3, -0.25) is 4.79 Å². The van der Waals surface area contributed by atoms with Crippen LogP contribution in [0.15, 0.2) is 6.08 Å². The molecule has 0 saturated carbocycles. The summed E-state index contributed by atoms with van der Waals surface area (Å²) in [4.78, 5) is 23.4. The topological polar surface area (TPSA) is 107 Å². The number of ether oxygens (including phenoxy) is 1. The number of hydrogen-bond donors (Lipinski definition) is 1. The Hall–Kier alpha value is -1.87. The Kier molecular flexibility index (Phi) is 7.05. The average molecular weight is 418 g/mol. The highest BCUT2D eigenvalue weighted by Crippen LogP contribution is 2.30. The molecule has 2 rings (SSSR count). The van der Waals surface area contributed by atoms with Gasteiger partial charge in [0.2, 0.25) is 0 Å². The van der Waals surface area contributed by atoms with Crippen molar-refractivity contribution in [2.24, 2.45) is 0 Å². The van der Waals surface area contributed by atoms with Gasteiger partial charge in [-0.25, -0.2) is 17.9 Å². The molecule has 10 heteroatoms. The maximum absolute atomic E-state index is 11.8. The van der Waals surface area contributed by atoms with Crippen molar-refractivity contribution in [1.82, 2.24) is 15.1 Å². The molecule has 1 fully saturated rings. The fraction of sp³-hybridized carbons (Fsp3) is 0.588. The van der Waals surface area contributed by atoms with Gasteiger partial charge in [-0.15, -0.1) is 0 Å². The number of halogens is 1. The van der Waals surface area contributed by atoms with Crippen LogP contribution in [0.5, 0.6) is 0 Å². The molecule has 1 aromatic rings. The molecule has 8 nitrogen and oxygen atoms in total. The maximum atomic E-state index is 11.8. The predicted molar refractivity (Wildman–Crippen MR) is 102 cm³/mol. The van der Waals surface area contributed by atoms with Crippen LogP contribution in [0.4, 0.5) is 0 Å². The summed E-state index contributed by atoms with van der Waals surface area (Å²) < 4.78 is 29.7. The molecular weight excluding hydrogens is 394 g/mol. The number of sulfone groups is 1. The first kappa shape index (κ1) is 21.4. The monoisotopic (exact) mass is 417 g/mol. The molecule has 0 bridgehead atoms. The third-order valence-electron chi connectivity index (χ3n) is 4.38. The predicted octanol–water partition coefficient (Wildman–Crippen LogP) is 1.68. The quantitative estimate of drug-likeness (QED) is 0.534. The molecule has 1 N–H and O–H groups in total. The van der Waals surface area contributed by atoms with Crippen LogP contribution >= 0.6 is 11.6 Å². The minimum absolute atomic E-state index is 0.00430. The van der Waals surface area contributed by atoms with Crippen molar-refractivity contribution in [2.45, 2.75) is 45.7 Å². The largest absolute Gasteiger partial charge is 0.452 e. The van der Waals surface area contributed by atoms with Crippen LogP contribution in [-0.4, -0.2) is 54.2 Å². The van der Waals surface area contributed by atoms with Gasteiger partial charge in [0.15, 0.2) is 16.4 Å². The summed E-state index contributed by atoms with van der Waals surface area (Å²) in [7, 11) is -3.07. The smallest absolute Gasteiger partial charge is 0.331 e. The van der Waals surface area contributed by atoms with Gasteiger partial charge < -0.3 is 10.1 Å². The summed E-state index contributed by atoms with van der Waals surface area (Å²) in [6, 6.07) is -0.294. The van der Waals surface area contributed by atoms with Gasteiger partial charge in [0.05, 0.1) is 23.2 Å². The molecule has 150 valence electrons. The second kappa shape index (κ2) is 8.88. The van der Waals surface area contributed by atoms with E-state index in [-0.39, 0.29) is 41.3 Å². The molecule has 0 radical (unpaired) electrons. The Bertz CT molecular complexity index is 847. The van der Waals surface area contributed by atoms with Gasteiger partial charge in [-0.2, -0.15) is 5.10 Å². The molecular formula is C17H24ClN3O5S. The van der Waals surface area contributed by atoms with Gasteiger partial charge in [0.25, 0.3) is 5.91 Å². The fourth-order valence-corrected chi connectivity index (χ4v) is 4.75. The fourth-order valence-electron chi connectivity index (χ4n) is 2.69. The Labute approximate surface area is 163 Å². The Morgan fingerprint density at radius 3 is 2.78 bits per heavy atom. The number of rotatable bonds is 7. The summed E-state index contributed by atoms with van der Waals surface area (Å²) in [6.07, 6.45) is 3.87. The molecule has 0 aliphatic carbocycles. The van der Waals surface area contributed by atoms with E-state index in [1.165, 1.54) is 16.8 Å². The van der Waals surface area contributed by atoms with Crippen molar-refractivity contribution in [2.75, 3.05) is 18.1 Å². The van der Waals surface area contributed by atoms with Crippen LogP contribution in [0, 0.1) is 6.92 Å². The van der Waals surface area contributed by atoms with Gasteiger partial charge in [0, 0.05) is 17.7 Å². The van der Waals surface area contributed by atoms with Crippen LogP contribution in [-0.2, 0) is 24.2 Å². The maximum Gasteiger partial charge on any atom is 0.331 e. The van der Waals surface area contributed by atoms with Gasteiger partial charge in [-0.1, -0.05) is 18.5 Å². The second-order valence-electron chi connectivity index (χ2n) is 6.61. The molecule has 2 heterocycles. The van der Waals surface area contributed by atoms with E-state index >= 15 is 0 Å². The third-order valence-corrected chi connectivity index (χ3v) is 6.50. The number of esters is 1. The number of nitrogens with zero attached hydrogens (tertiary/aromatic N) is 2. The number of hydrogen-bond acceptors (Lipinski definition) is 6. The van der Waals surface area contributed by atoms with E-state index in [0.29, 0.717) is 17.7 Å². The van der Waals surface area contributed by atoms with E-state index in [1.54, 1.807) is 6.92 Å². The Morgan fingerprint density at radius 2 is 2.19 bits per heavy atom. The van der Waals surface area contributed by atoms with Gasteiger partial charge in [-0.05, 0) is 32.8 Å². The average Bonchev–Trinajstić information content (AvgIpc) is 3.10. The van der Waals surface area contributed by atoms with Crippen molar-refractivity contribution in [1.29, 1.82) is 0 Å². The highest BCUT2D eigenvalue weighted by molar-refractivity contribution is 7.91. The summed E-state index contributed by atoms with van der Waals surface area (Å²) in [6.45, 7) is 5.15. The van der Waals surface area contributed by atoms with Crippen LogP contribution in [0.25, 0.3) is 6.08 Å². The Balaban J connectivity index is 1.99. The standard InChI is InChI=1S/C17H24ClN3O5S/c1-4-11(2)19-15(22)9-26-16(23)6-5-14-12(3)20-21(17(14)18)13-7-8-27(24,25)10-13/h5-6,11,13H,4,7-10H2,1-3H3,(H,19,22)/b6-5+/t11-,13-/m1/s1. The van der Waals surface area contributed by atoms with E-state index < -0.39 is 15.8 Å². The van der Waals surface area contributed by atoms with E-state index in [9.17, 15) is 18.0 Å². The SMILES string of the molecule is CC[C@@H](C)NC(=O)COC(=O)/C=C/c1c(C)nn([C@@H]2CCS(=O)(=O)C2)c1Cl.